The number of carboxylic acid groups (broad SMARTS) is 1. The van der Waals surface area contributed by atoms with Gasteiger partial charge in [0.25, 0.3) is 5.91 Å². The highest BCUT2D eigenvalue weighted by molar-refractivity contribution is 5.96. The van der Waals surface area contributed by atoms with Crippen LogP contribution in [0.2, 0.25) is 0 Å². The third kappa shape index (κ3) is 3.62. The number of aromatic nitrogens is 4. The number of hydrogen-bond acceptors (Lipinski definition) is 5. The number of carboxylic acids is 1. The van der Waals surface area contributed by atoms with E-state index in [2.05, 4.69) is 20.6 Å². The van der Waals surface area contributed by atoms with E-state index in [1.165, 1.54) is 4.90 Å². The minimum atomic E-state index is -1.04. The smallest absolute Gasteiger partial charge is 0.323 e. The van der Waals surface area contributed by atoms with Crippen LogP contribution in [0.4, 0.5) is 0 Å². The van der Waals surface area contributed by atoms with Gasteiger partial charge in [-0.3, -0.25) is 9.59 Å². The standard InChI is InChI=1S/C13H15N5O3/c1-2-6-18(8-11(19)20)13(21)10-5-3-4-9(7-10)12-14-16-17-15-12/h3-5,7H,2,6,8H2,1H3,(H,19,20)(H,14,15,16,17). The first-order valence-corrected chi connectivity index (χ1v) is 6.46. The van der Waals surface area contributed by atoms with Gasteiger partial charge < -0.3 is 10.0 Å². The molecule has 0 saturated heterocycles. The Bertz CT molecular complexity index is 626. The minimum Gasteiger partial charge on any atom is -0.480 e. The highest BCUT2D eigenvalue weighted by Crippen LogP contribution is 2.16. The Morgan fingerprint density at radius 2 is 2.19 bits per heavy atom. The zero-order chi connectivity index (χ0) is 15.2. The van der Waals surface area contributed by atoms with Crippen molar-refractivity contribution in [2.75, 3.05) is 13.1 Å². The number of aromatic amines is 1. The number of carbonyl (C=O) groups is 2. The summed E-state index contributed by atoms with van der Waals surface area (Å²) < 4.78 is 0. The lowest BCUT2D eigenvalue weighted by atomic mass is 10.1. The Morgan fingerprint density at radius 3 is 2.81 bits per heavy atom. The number of nitrogens with zero attached hydrogens (tertiary/aromatic N) is 4. The predicted octanol–water partition coefficient (Wildman–Crippen LogP) is 0.803. The van der Waals surface area contributed by atoms with Crippen molar-refractivity contribution in [2.24, 2.45) is 0 Å². The van der Waals surface area contributed by atoms with Crippen molar-refractivity contribution in [3.63, 3.8) is 0 Å². The van der Waals surface area contributed by atoms with Gasteiger partial charge in [0.05, 0.1) is 0 Å². The van der Waals surface area contributed by atoms with Gasteiger partial charge in [0.1, 0.15) is 6.54 Å². The van der Waals surface area contributed by atoms with Gasteiger partial charge in [-0.15, -0.1) is 10.2 Å². The quantitative estimate of drug-likeness (QED) is 0.813. The number of tetrazole rings is 1. The fraction of sp³-hybridized carbons (Fsp3) is 0.308. The highest BCUT2D eigenvalue weighted by atomic mass is 16.4. The van der Waals surface area contributed by atoms with Crippen molar-refractivity contribution in [3.8, 4) is 11.4 Å². The van der Waals surface area contributed by atoms with Crippen molar-refractivity contribution >= 4 is 11.9 Å². The van der Waals surface area contributed by atoms with Crippen molar-refractivity contribution < 1.29 is 14.7 Å². The van der Waals surface area contributed by atoms with Crippen LogP contribution in [0.1, 0.15) is 23.7 Å². The molecule has 21 heavy (non-hydrogen) atoms. The van der Waals surface area contributed by atoms with Crippen LogP contribution in [0.3, 0.4) is 0 Å². The largest absolute Gasteiger partial charge is 0.480 e. The molecule has 8 nitrogen and oxygen atoms in total. The number of aliphatic carboxylic acids is 1. The molecule has 2 aromatic rings. The first-order chi connectivity index (χ1) is 10.1. The maximum absolute atomic E-state index is 12.4. The highest BCUT2D eigenvalue weighted by Gasteiger charge is 2.18. The lowest BCUT2D eigenvalue weighted by Gasteiger charge is -2.20. The molecule has 0 radical (unpaired) electrons. The monoisotopic (exact) mass is 289 g/mol. The lowest BCUT2D eigenvalue weighted by molar-refractivity contribution is -0.137. The van der Waals surface area contributed by atoms with Gasteiger partial charge >= 0.3 is 5.97 Å². The SMILES string of the molecule is CCCN(CC(=O)O)C(=O)c1cccc(-c2nn[nH]n2)c1. The molecular weight excluding hydrogens is 274 g/mol. The van der Waals surface area contributed by atoms with Crippen LogP contribution >= 0.6 is 0 Å². The molecule has 8 heteroatoms. The van der Waals surface area contributed by atoms with Crippen molar-refractivity contribution in [2.45, 2.75) is 13.3 Å². The van der Waals surface area contributed by atoms with E-state index in [9.17, 15) is 9.59 Å². The van der Waals surface area contributed by atoms with Gasteiger partial charge in [-0.05, 0) is 23.8 Å². The second-order valence-electron chi connectivity index (χ2n) is 4.44. The molecule has 0 aliphatic rings. The summed E-state index contributed by atoms with van der Waals surface area (Å²) in [5.41, 5.74) is 1.04. The molecule has 2 N–H and O–H groups in total. The predicted molar refractivity (Wildman–Crippen MR) is 73.4 cm³/mol. The molecule has 0 atom stereocenters. The van der Waals surface area contributed by atoms with Crippen LogP contribution in [0.25, 0.3) is 11.4 Å². The summed E-state index contributed by atoms with van der Waals surface area (Å²) in [4.78, 5) is 24.5. The molecule has 0 aliphatic heterocycles. The van der Waals surface area contributed by atoms with Gasteiger partial charge in [0, 0.05) is 17.7 Å². The summed E-state index contributed by atoms with van der Waals surface area (Å²) in [5, 5.41) is 22.4. The number of hydrogen-bond donors (Lipinski definition) is 2. The third-order valence-corrected chi connectivity index (χ3v) is 2.82. The Morgan fingerprint density at radius 1 is 1.38 bits per heavy atom. The zero-order valence-electron chi connectivity index (χ0n) is 11.5. The molecule has 1 aromatic heterocycles. The van der Waals surface area contributed by atoms with E-state index < -0.39 is 5.97 Å². The number of amides is 1. The fourth-order valence-corrected chi connectivity index (χ4v) is 1.94. The summed E-state index contributed by atoms with van der Waals surface area (Å²) in [5.74, 6) is -0.986. The van der Waals surface area contributed by atoms with Gasteiger partial charge in [0.2, 0.25) is 5.82 Å². The van der Waals surface area contributed by atoms with Gasteiger partial charge in [-0.25, -0.2) is 0 Å². The maximum Gasteiger partial charge on any atom is 0.323 e. The summed E-state index contributed by atoms with van der Waals surface area (Å²) in [6.45, 7) is 1.95. The molecule has 1 aromatic carbocycles. The second kappa shape index (κ2) is 6.60. The maximum atomic E-state index is 12.4. The zero-order valence-corrected chi connectivity index (χ0v) is 11.5. The fourth-order valence-electron chi connectivity index (χ4n) is 1.94. The van der Waals surface area contributed by atoms with Crippen LogP contribution in [0.5, 0.6) is 0 Å². The molecule has 0 aliphatic carbocycles. The lowest BCUT2D eigenvalue weighted by Crippen LogP contribution is -2.36. The summed E-state index contributed by atoms with van der Waals surface area (Å²) in [6.07, 6.45) is 0.684. The summed E-state index contributed by atoms with van der Waals surface area (Å²) >= 11 is 0. The number of H-pyrrole nitrogens is 1. The number of nitrogens with one attached hydrogen (secondary N) is 1. The van der Waals surface area contributed by atoms with Gasteiger partial charge in [-0.1, -0.05) is 19.1 Å². The normalized spacial score (nSPS) is 10.3. The van der Waals surface area contributed by atoms with Crippen LogP contribution < -0.4 is 0 Å². The first-order valence-electron chi connectivity index (χ1n) is 6.46. The summed E-state index contributed by atoms with van der Waals surface area (Å²) in [6, 6.07) is 6.71. The topological polar surface area (TPSA) is 112 Å². The van der Waals surface area contributed by atoms with E-state index in [1.54, 1.807) is 24.3 Å². The Labute approximate surface area is 120 Å². The van der Waals surface area contributed by atoms with Gasteiger partial charge in [-0.2, -0.15) is 5.21 Å². The third-order valence-electron chi connectivity index (χ3n) is 2.82. The minimum absolute atomic E-state index is 0.320. The van der Waals surface area contributed by atoms with Crippen molar-refractivity contribution in [1.29, 1.82) is 0 Å². The Balaban J connectivity index is 2.25. The summed E-state index contributed by atoms with van der Waals surface area (Å²) in [7, 11) is 0. The molecule has 0 saturated carbocycles. The number of rotatable bonds is 6. The molecular formula is C13H15N5O3. The number of carbonyl (C=O) groups excluding carboxylic acids is 1. The molecule has 0 unspecified atom stereocenters. The number of benzene rings is 1. The van der Waals surface area contributed by atoms with Crippen LogP contribution in [-0.4, -0.2) is 55.6 Å². The molecule has 2 rings (SSSR count). The first kappa shape index (κ1) is 14.6. The van der Waals surface area contributed by atoms with Gasteiger partial charge in [0.15, 0.2) is 0 Å². The van der Waals surface area contributed by atoms with Crippen molar-refractivity contribution in [1.82, 2.24) is 25.5 Å². The van der Waals surface area contributed by atoms with E-state index in [0.717, 1.165) is 0 Å². The molecule has 0 spiro atoms. The van der Waals surface area contributed by atoms with E-state index in [4.69, 9.17) is 5.11 Å². The molecule has 110 valence electrons. The average Bonchev–Trinajstić information content (AvgIpc) is 3.00. The Hall–Kier alpha value is -2.77. The van der Waals surface area contributed by atoms with E-state index in [0.29, 0.717) is 29.9 Å². The van der Waals surface area contributed by atoms with Crippen LogP contribution in [0.15, 0.2) is 24.3 Å². The van der Waals surface area contributed by atoms with E-state index in [-0.39, 0.29) is 12.5 Å². The Kier molecular flexibility index (Phi) is 4.60. The van der Waals surface area contributed by atoms with Crippen LogP contribution in [-0.2, 0) is 4.79 Å². The van der Waals surface area contributed by atoms with Crippen molar-refractivity contribution in [3.05, 3.63) is 29.8 Å². The average molecular weight is 289 g/mol. The van der Waals surface area contributed by atoms with E-state index in [1.807, 2.05) is 6.92 Å². The molecule has 1 amide bonds. The second-order valence-corrected chi connectivity index (χ2v) is 4.44. The molecule has 1 heterocycles. The molecule has 0 fully saturated rings. The van der Waals surface area contributed by atoms with Crippen LogP contribution in [0, 0.1) is 0 Å². The molecule has 0 bridgehead atoms. The van der Waals surface area contributed by atoms with E-state index >= 15 is 0 Å².